The van der Waals surface area contributed by atoms with Gasteiger partial charge in [0, 0.05) is 49.5 Å². The largest absolute Gasteiger partial charge is 0.309 e. The first-order valence-corrected chi connectivity index (χ1v) is 22.4. The molecule has 308 valence electrons. The Morgan fingerprint density at radius 3 is 1.47 bits per heavy atom. The molecule has 0 aliphatic rings. The molecule has 0 aliphatic heterocycles. The summed E-state index contributed by atoms with van der Waals surface area (Å²) in [6.07, 6.45) is 0. The van der Waals surface area contributed by atoms with Crippen molar-refractivity contribution in [2.45, 2.75) is 0 Å². The Bertz CT molecular complexity index is 3910. The van der Waals surface area contributed by atoms with E-state index in [1.54, 1.807) is 0 Å². The fraction of sp³-hybridized carbons (Fsp3) is 0. The van der Waals surface area contributed by atoms with Crippen LogP contribution in [0.4, 0.5) is 0 Å². The molecular weight excluding hydrogens is 803 g/mol. The third-order valence-corrected chi connectivity index (χ3v) is 13.0. The minimum Gasteiger partial charge on any atom is -0.309 e. The quantitative estimate of drug-likeness (QED) is 0.161. The van der Waals surface area contributed by atoms with Crippen molar-refractivity contribution in [3.05, 3.63) is 237 Å². The van der Waals surface area contributed by atoms with Gasteiger partial charge >= 0.3 is 0 Å². The van der Waals surface area contributed by atoms with E-state index in [9.17, 15) is 0 Å². The summed E-state index contributed by atoms with van der Waals surface area (Å²) in [5, 5.41) is 7.20. The summed E-state index contributed by atoms with van der Waals surface area (Å²) in [5.74, 6) is 1.84. The van der Waals surface area contributed by atoms with Crippen LogP contribution in [0.5, 0.6) is 0 Å². The molecule has 13 rings (SSSR count). The van der Waals surface area contributed by atoms with Crippen molar-refractivity contribution in [2.24, 2.45) is 0 Å². The lowest BCUT2D eigenvalue weighted by atomic mass is 9.90. The van der Waals surface area contributed by atoms with Gasteiger partial charge in [-0.25, -0.2) is 15.0 Å². The molecule has 5 nitrogen and oxygen atoms in total. The zero-order valence-electron chi connectivity index (χ0n) is 35.8. The Kier molecular flexibility index (Phi) is 8.78. The van der Waals surface area contributed by atoms with Gasteiger partial charge in [-0.05, 0) is 76.0 Å². The molecule has 0 bridgehead atoms. The molecule has 0 saturated heterocycles. The molecule has 0 atom stereocenters. The summed E-state index contributed by atoms with van der Waals surface area (Å²) in [5.41, 5.74) is 14.0. The third kappa shape index (κ3) is 6.05. The molecule has 0 saturated carbocycles. The highest BCUT2D eigenvalue weighted by atomic mass is 15.1. The Balaban J connectivity index is 1.14. The maximum atomic E-state index is 5.28. The molecule has 0 aliphatic carbocycles. The third-order valence-electron chi connectivity index (χ3n) is 13.0. The second-order valence-electron chi connectivity index (χ2n) is 16.7. The molecule has 10 aromatic carbocycles. The average Bonchev–Trinajstić information content (AvgIpc) is 3.91. The highest BCUT2D eigenvalue weighted by molar-refractivity contribution is 6.27. The molecule has 0 amide bonds. The minimum atomic E-state index is 0.601. The second kappa shape index (κ2) is 15.4. The van der Waals surface area contributed by atoms with Crippen LogP contribution in [0, 0.1) is 0 Å². The van der Waals surface area contributed by atoms with Crippen LogP contribution in [0.2, 0.25) is 0 Å². The molecule has 0 radical (unpaired) electrons. The first kappa shape index (κ1) is 37.6. The van der Waals surface area contributed by atoms with Crippen molar-refractivity contribution >= 4 is 54.4 Å². The zero-order valence-corrected chi connectivity index (χ0v) is 35.8. The van der Waals surface area contributed by atoms with Gasteiger partial charge in [-0.1, -0.05) is 188 Å². The van der Waals surface area contributed by atoms with Gasteiger partial charge in [0.15, 0.2) is 17.5 Å². The molecule has 0 fully saturated rings. The molecule has 0 spiro atoms. The van der Waals surface area contributed by atoms with Crippen molar-refractivity contribution in [2.75, 3.05) is 0 Å². The van der Waals surface area contributed by atoms with Crippen LogP contribution in [0.25, 0.3) is 122 Å². The number of para-hydroxylation sites is 3. The van der Waals surface area contributed by atoms with Gasteiger partial charge in [0.05, 0.1) is 27.8 Å². The number of aromatic nitrogens is 5. The van der Waals surface area contributed by atoms with Gasteiger partial charge in [0.1, 0.15) is 0 Å². The van der Waals surface area contributed by atoms with E-state index in [-0.39, 0.29) is 0 Å². The van der Waals surface area contributed by atoms with E-state index in [4.69, 9.17) is 15.0 Å². The van der Waals surface area contributed by atoms with Crippen LogP contribution in [-0.2, 0) is 0 Å². The van der Waals surface area contributed by atoms with Crippen molar-refractivity contribution in [3.63, 3.8) is 0 Å². The Hall–Kier alpha value is -8.93. The maximum Gasteiger partial charge on any atom is 0.166 e. The fourth-order valence-electron chi connectivity index (χ4n) is 10.1. The number of fused-ring (bicyclic) bond motifs is 7. The summed E-state index contributed by atoms with van der Waals surface area (Å²) in [6.45, 7) is 0. The first-order valence-electron chi connectivity index (χ1n) is 22.4. The number of hydrogen-bond donors (Lipinski definition) is 0. The van der Waals surface area contributed by atoms with Gasteiger partial charge in [0.2, 0.25) is 0 Å². The lowest BCUT2D eigenvalue weighted by Gasteiger charge is -2.17. The van der Waals surface area contributed by atoms with E-state index < -0.39 is 0 Å². The Morgan fingerprint density at radius 2 is 0.803 bits per heavy atom. The predicted octanol–water partition coefficient (Wildman–Crippen LogP) is 15.6. The highest BCUT2D eigenvalue weighted by Gasteiger charge is 2.25. The molecular formula is C61H39N5. The smallest absolute Gasteiger partial charge is 0.166 e. The van der Waals surface area contributed by atoms with Gasteiger partial charge in [0.25, 0.3) is 0 Å². The monoisotopic (exact) mass is 841 g/mol. The fourth-order valence-corrected chi connectivity index (χ4v) is 10.1. The Labute approximate surface area is 381 Å². The van der Waals surface area contributed by atoms with Crippen LogP contribution >= 0.6 is 0 Å². The summed E-state index contributed by atoms with van der Waals surface area (Å²) in [6, 6.07) is 84.1. The van der Waals surface area contributed by atoms with E-state index in [0.29, 0.717) is 17.5 Å². The van der Waals surface area contributed by atoms with Crippen molar-refractivity contribution in [1.29, 1.82) is 0 Å². The van der Waals surface area contributed by atoms with Crippen molar-refractivity contribution < 1.29 is 0 Å². The number of benzene rings is 10. The van der Waals surface area contributed by atoms with Crippen LogP contribution in [-0.4, -0.2) is 24.1 Å². The lowest BCUT2D eigenvalue weighted by Crippen LogP contribution is -2.04. The summed E-state index contributed by atoms with van der Waals surface area (Å²) < 4.78 is 4.85. The van der Waals surface area contributed by atoms with Gasteiger partial charge < -0.3 is 9.13 Å². The van der Waals surface area contributed by atoms with Crippen LogP contribution in [0.1, 0.15) is 0 Å². The number of rotatable bonds is 7. The Morgan fingerprint density at radius 1 is 0.288 bits per heavy atom. The normalized spacial score (nSPS) is 11.6. The van der Waals surface area contributed by atoms with E-state index in [1.807, 2.05) is 36.4 Å². The molecule has 5 heteroatoms. The predicted molar refractivity (Wildman–Crippen MR) is 273 cm³/mol. The van der Waals surface area contributed by atoms with Gasteiger partial charge in [-0.3, -0.25) is 0 Å². The molecule has 13 aromatic rings. The summed E-state index contributed by atoms with van der Waals surface area (Å²) in [7, 11) is 0. The number of hydrogen-bond acceptors (Lipinski definition) is 3. The van der Waals surface area contributed by atoms with E-state index in [2.05, 4.69) is 209 Å². The molecule has 0 unspecified atom stereocenters. The van der Waals surface area contributed by atoms with Gasteiger partial charge in [-0.2, -0.15) is 0 Å². The topological polar surface area (TPSA) is 48.5 Å². The average molecular weight is 842 g/mol. The minimum absolute atomic E-state index is 0.601. The SMILES string of the molecule is c1ccc(-c2ccc(-c3nc(-c4ccccc4)nc(-c4ccccc4)n3)c(-n3c4ccccc4c4c(-c5c6ccccc6cc6c5c5ccccc5n6-c5ccccc5)cccc43)c2)cc1. The lowest BCUT2D eigenvalue weighted by molar-refractivity contribution is 1.06. The standard InChI is InChI=1S/C61H39N5/c1-5-20-40(21-6-1)43-36-37-49(61-63-59(41-22-7-2-8-23-41)62-60(64-61)42-24-9-3-10-25-42)54(38-43)66-52-34-18-15-30-47(52)56-50(32-19-35-53(56)66)57-46-29-14-13-26-44(46)39-55-58(57)48-31-16-17-33-51(48)65(55)45-27-11-4-12-28-45/h1-39H. The molecule has 3 aromatic heterocycles. The maximum absolute atomic E-state index is 5.28. The second-order valence-corrected chi connectivity index (χ2v) is 16.7. The van der Waals surface area contributed by atoms with Crippen molar-refractivity contribution in [1.82, 2.24) is 24.1 Å². The molecule has 0 N–H and O–H groups in total. The highest BCUT2D eigenvalue weighted by Crippen LogP contribution is 2.48. The van der Waals surface area contributed by atoms with Gasteiger partial charge in [-0.15, -0.1) is 0 Å². The van der Waals surface area contributed by atoms with Crippen LogP contribution in [0.3, 0.4) is 0 Å². The van der Waals surface area contributed by atoms with E-state index >= 15 is 0 Å². The summed E-state index contributed by atoms with van der Waals surface area (Å²) >= 11 is 0. The zero-order chi connectivity index (χ0) is 43.6. The van der Waals surface area contributed by atoms with Crippen molar-refractivity contribution in [3.8, 4) is 67.8 Å². The first-order chi connectivity index (χ1) is 32.8. The van der Waals surface area contributed by atoms with Crippen LogP contribution in [0.15, 0.2) is 237 Å². The number of nitrogens with zero attached hydrogens (tertiary/aromatic N) is 5. The van der Waals surface area contributed by atoms with Crippen LogP contribution < -0.4 is 0 Å². The van der Waals surface area contributed by atoms with E-state index in [1.165, 1.54) is 49.1 Å². The summed E-state index contributed by atoms with van der Waals surface area (Å²) in [4.78, 5) is 15.6. The molecule has 3 heterocycles. The van der Waals surface area contributed by atoms with E-state index in [0.717, 1.165) is 55.6 Å². The molecule has 66 heavy (non-hydrogen) atoms.